The third kappa shape index (κ3) is 2.04. The lowest BCUT2D eigenvalue weighted by molar-refractivity contribution is 0.615. The molecular weight excluding hydrogens is 306 g/mol. The van der Waals surface area contributed by atoms with Crippen molar-refractivity contribution >= 4 is 32.6 Å². The summed E-state index contributed by atoms with van der Waals surface area (Å²) in [6, 6.07) is 14.4. The largest absolute Gasteiger partial charge is 0.455 e. The Labute approximate surface area is 117 Å². The van der Waals surface area contributed by atoms with Crippen LogP contribution in [0.25, 0.3) is 22.3 Å². The van der Waals surface area contributed by atoms with Gasteiger partial charge < -0.3 is 10.2 Å². The molecule has 0 saturated heterocycles. The van der Waals surface area contributed by atoms with E-state index in [1.165, 1.54) is 0 Å². The Morgan fingerprint density at radius 3 is 2.42 bits per heavy atom. The van der Waals surface area contributed by atoms with Crippen molar-refractivity contribution in [3.05, 3.63) is 63.2 Å². The number of nitrogen functional groups attached to an aromatic ring is 1. The zero-order valence-corrected chi connectivity index (χ0v) is 11.5. The van der Waals surface area contributed by atoms with E-state index in [9.17, 15) is 4.79 Å². The second-order valence-corrected chi connectivity index (χ2v) is 4.99. The van der Waals surface area contributed by atoms with E-state index in [4.69, 9.17) is 10.2 Å². The average molecular weight is 316 g/mol. The summed E-state index contributed by atoms with van der Waals surface area (Å²) < 4.78 is 6.24. The van der Waals surface area contributed by atoms with Crippen LogP contribution in [0.2, 0.25) is 0 Å². The van der Waals surface area contributed by atoms with Gasteiger partial charge in [-0.15, -0.1) is 0 Å². The fourth-order valence-corrected chi connectivity index (χ4v) is 2.46. The summed E-state index contributed by atoms with van der Waals surface area (Å²) >= 11 is 3.32. The van der Waals surface area contributed by atoms with E-state index in [1.807, 2.05) is 24.3 Å². The highest BCUT2D eigenvalue weighted by molar-refractivity contribution is 9.10. The third-order valence-electron chi connectivity index (χ3n) is 2.92. The Morgan fingerprint density at radius 1 is 1.00 bits per heavy atom. The highest BCUT2D eigenvalue weighted by Gasteiger charge is 2.13. The van der Waals surface area contributed by atoms with Crippen LogP contribution in [-0.2, 0) is 0 Å². The molecule has 0 fully saturated rings. The molecule has 4 heteroatoms. The van der Waals surface area contributed by atoms with Gasteiger partial charge in [-0.05, 0) is 52.3 Å². The van der Waals surface area contributed by atoms with Crippen molar-refractivity contribution in [2.75, 3.05) is 5.73 Å². The topological polar surface area (TPSA) is 56.2 Å². The van der Waals surface area contributed by atoms with Crippen LogP contribution in [0.3, 0.4) is 0 Å². The molecule has 0 saturated carbocycles. The third-order valence-corrected chi connectivity index (χ3v) is 3.64. The lowest BCUT2D eigenvalue weighted by Crippen LogP contribution is -2.03. The molecule has 0 radical (unpaired) electrons. The number of halogens is 1. The minimum absolute atomic E-state index is 0.0753. The van der Waals surface area contributed by atoms with Crippen molar-refractivity contribution in [3.63, 3.8) is 0 Å². The molecule has 0 unspecified atom stereocenters. The van der Waals surface area contributed by atoms with Crippen LogP contribution in [0, 0.1) is 0 Å². The molecule has 3 nitrogen and oxygen atoms in total. The van der Waals surface area contributed by atoms with Gasteiger partial charge >= 0.3 is 0 Å². The summed E-state index contributed by atoms with van der Waals surface area (Å²) in [5, 5.41) is 0.563. The zero-order chi connectivity index (χ0) is 13.4. The number of hydrogen-bond acceptors (Lipinski definition) is 3. The van der Waals surface area contributed by atoms with Gasteiger partial charge in [0.25, 0.3) is 0 Å². The van der Waals surface area contributed by atoms with Gasteiger partial charge in [0.2, 0.25) is 5.43 Å². The van der Waals surface area contributed by atoms with Crippen molar-refractivity contribution in [1.29, 1.82) is 0 Å². The molecule has 3 aromatic rings. The van der Waals surface area contributed by atoms with Crippen molar-refractivity contribution in [2.24, 2.45) is 0 Å². The second-order valence-electron chi connectivity index (χ2n) is 4.19. The van der Waals surface area contributed by atoms with Gasteiger partial charge in [0.05, 0.1) is 5.39 Å². The Kier molecular flexibility index (Phi) is 2.87. The van der Waals surface area contributed by atoms with Gasteiger partial charge in [0, 0.05) is 11.3 Å². The van der Waals surface area contributed by atoms with E-state index in [0.717, 1.165) is 5.56 Å². The molecule has 1 heterocycles. The van der Waals surface area contributed by atoms with Gasteiger partial charge in [-0.25, -0.2) is 0 Å². The minimum atomic E-state index is -0.0753. The van der Waals surface area contributed by atoms with Crippen molar-refractivity contribution in [1.82, 2.24) is 0 Å². The molecule has 0 spiro atoms. The molecule has 19 heavy (non-hydrogen) atoms. The first-order chi connectivity index (χ1) is 9.16. The van der Waals surface area contributed by atoms with E-state index in [0.29, 0.717) is 26.9 Å². The smallest absolute Gasteiger partial charge is 0.207 e. The number of benzene rings is 2. The van der Waals surface area contributed by atoms with Crippen molar-refractivity contribution in [3.8, 4) is 11.3 Å². The highest BCUT2D eigenvalue weighted by Crippen LogP contribution is 2.29. The maximum Gasteiger partial charge on any atom is 0.207 e. The highest BCUT2D eigenvalue weighted by atomic mass is 79.9. The quantitative estimate of drug-likeness (QED) is 0.695. The van der Waals surface area contributed by atoms with Crippen LogP contribution in [0.5, 0.6) is 0 Å². The SMILES string of the molecule is Nc1ccc(-c2oc3ccccc3c(=O)c2Br)cc1. The van der Waals surface area contributed by atoms with Gasteiger partial charge in [0.15, 0.2) is 5.76 Å². The monoisotopic (exact) mass is 315 g/mol. The minimum Gasteiger partial charge on any atom is -0.455 e. The van der Waals surface area contributed by atoms with E-state index in [1.54, 1.807) is 24.3 Å². The molecule has 0 aliphatic heterocycles. The molecule has 0 bridgehead atoms. The molecule has 0 aliphatic rings. The Morgan fingerprint density at radius 2 is 1.68 bits per heavy atom. The van der Waals surface area contributed by atoms with Crippen LogP contribution in [0.4, 0.5) is 5.69 Å². The molecule has 2 aromatic carbocycles. The first kappa shape index (κ1) is 12.0. The van der Waals surface area contributed by atoms with Crippen LogP contribution >= 0.6 is 15.9 Å². The molecule has 0 aliphatic carbocycles. The first-order valence-corrected chi connectivity index (χ1v) is 6.53. The number of nitrogens with two attached hydrogens (primary N) is 1. The van der Waals surface area contributed by atoms with Gasteiger partial charge in [0.1, 0.15) is 10.1 Å². The Bertz CT molecular complexity index is 806. The fourth-order valence-electron chi connectivity index (χ4n) is 1.94. The van der Waals surface area contributed by atoms with E-state index >= 15 is 0 Å². The summed E-state index contributed by atoms with van der Waals surface area (Å²) in [5.41, 5.74) is 7.63. The molecule has 2 N–H and O–H groups in total. The van der Waals surface area contributed by atoms with Crippen LogP contribution in [-0.4, -0.2) is 0 Å². The standard InChI is InChI=1S/C15H10BrNO2/c16-13-14(18)11-3-1-2-4-12(11)19-15(13)9-5-7-10(17)8-6-9/h1-8H,17H2. The summed E-state index contributed by atoms with van der Waals surface area (Å²) in [6.07, 6.45) is 0. The number of para-hydroxylation sites is 1. The maximum atomic E-state index is 12.3. The molecular formula is C15H10BrNO2. The second kappa shape index (κ2) is 4.55. The van der Waals surface area contributed by atoms with Crippen LogP contribution < -0.4 is 11.2 Å². The van der Waals surface area contributed by atoms with Crippen molar-refractivity contribution < 1.29 is 4.42 Å². The molecule has 1 aromatic heterocycles. The summed E-state index contributed by atoms with van der Waals surface area (Å²) in [5.74, 6) is 0.517. The molecule has 3 rings (SSSR count). The molecule has 0 atom stereocenters. The number of hydrogen-bond donors (Lipinski definition) is 1. The van der Waals surface area contributed by atoms with E-state index < -0.39 is 0 Å². The maximum absolute atomic E-state index is 12.3. The van der Waals surface area contributed by atoms with Crippen molar-refractivity contribution in [2.45, 2.75) is 0 Å². The normalized spacial score (nSPS) is 10.8. The summed E-state index contributed by atoms with van der Waals surface area (Å²) in [7, 11) is 0. The van der Waals surface area contributed by atoms with E-state index in [-0.39, 0.29) is 5.43 Å². The Hall–Kier alpha value is -2.07. The summed E-state index contributed by atoms with van der Waals surface area (Å²) in [4.78, 5) is 12.3. The predicted octanol–water partition coefficient (Wildman–Crippen LogP) is 3.80. The zero-order valence-electron chi connectivity index (χ0n) is 9.89. The van der Waals surface area contributed by atoms with Crippen LogP contribution in [0.15, 0.2) is 62.2 Å². The lowest BCUT2D eigenvalue weighted by atomic mass is 10.1. The summed E-state index contributed by atoms with van der Waals surface area (Å²) in [6.45, 7) is 0. The van der Waals surface area contributed by atoms with Gasteiger partial charge in [-0.1, -0.05) is 12.1 Å². The van der Waals surface area contributed by atoms with Gasteiger partial charge in [-0.2, -0.15) is 0 Å². The predicted molar refractivity (Wildman–Crippen MR) is 80.0 cm³/mol. The first-order valence-electron chi connectivity index (χ1n) is 5.74. The number of anilines is 1. The lowest BCUT2D eigenvalue weighted by Gasteiger charge is -2.06. The Balaban J connectivity index is 2.33. The molecule has 0 amide bonds. The number of fused-ring (bicyclic) bond motifs is 1. The van der Waals surface area contributed by atoms with Crippen LogP contribution in [0.1, 0.15) is 0 Å². The number of rotatable bonds is 1. The average Bonchev–Trinajstić information content (AvgIpc) is 2.44. The van der Waals surface area contributed by atoms with Gasteiger partial charge in [-0.3, -0.25) is 4.79 Å². The molecule has 94 valence electrons. The fraction of sp³-hybridized carbons (Fsp3) is 0. The van der Waals surface area contributed by atoms with E-state index in [2.05, 4.69) is 15.9 Å².